The number of Topliss-reactive ketones (excluding diaryl/α,β-unsaturated/α-hetero) is 1. The fourth-order valence-electron chi connectivity index (χ4n) is 1.94. The number of hydrogen-bond donors (Lipinski definition) is 1. The van der Waals surface area contributed by atoms with Gasteiger partial charge < -0.3 is 9.72 Å². The molecule has 0 saturated carbocycles. The summed E-state index contributed by atoms with van der Waals surface area (Å²) in [5, 5.41) is 0.860. The first-order valence-electron chi connectivity index (χ1n) is 6.05. The summed E-state index contributed by atoms with van der Waals surface area (Å²) < 4.78 is 28.5. The van der Waals surface area contributed by atoms with Crippen LogP contribution in [0.2, 0.25) is 0 Å². The number of H-pyrrole nitrogens is 1. The van der Waals surface area contributed by atoms with Gasteiger partial charge in [-0.05, 0) is 19.1 Å². The first kappa shape index (κ1) is 13.7. The lowest BCUT2D eigenvalue weighted by Gasteiger charge is -2.03. The Bertz CT molecular complexity index is 578. The molecule has 0 fully saturated rings. The second-order valence-corrected chi connectivity index (χ2v) is 4.39. The third-order valence-electron chi connectivity index (χ3n) is 2.85. The summed E-state index contributed by atoms with van der Waals surface area (Å²) in [5.74, 6) is -0.105. The van der Waals surface area contributed by atoms with E-state index in [4.69, 9.17) is 4.74 Å². The first-order valence-corrected chi connectivity index (χ1v) is 6.05. The minimum Gasteiger partial charge on any atom is -0.375 e. The molecule has 0 radical (unpaired) electrons. The summed E-state index contributed by atoms with van der Waals surface area (Å²) >= 11 is 0. The lowest BCUT2D eigenvalue weighted by Crippen LogP contribution is -2.09. The van der Waals surface area contributed by atoms with Gasteiger partial charge in [0.25, 0.3) is 6.43 Å². The van der Waals surface area contributed by atoms with Crippen molar-refractivity contribution in [1.82, 2.24) is 4.98 Å². The molecule has 0 aliphatic carbocycles. The van der Waals surface area contributed by atoms with Crippen LogP contribution in [0.4, 0.5) is 8.78 Å². The molecule has 2 rings (SSSR count). The average Bonchev–Trinajstić information content (AvgIpc) is 2.77. The standard InChI is InChI=1S/C14H15F2NO2/c1-9-2-3-12-10(6-9)11(7-17-12)13(18)4-5-19-8-14(15)16/h2-3,6-7,14,17H,4-5,8H2,1H3. The van der Waals surface area contributed by atoms with Gasteiger partial charge >= 0.3 is 0 Å². The number of aryl methyl sites for hydroxylation is 1. The highest BCUT2D eigenvalue weighted by Crippen LogP contribution is 2.20. The molecule has 19 heavy (non-hydrogen) atoms. The molecule has 0 amide bonds. The Kier molecular flexibility index (Phi) is 4.27. The highest BCUT2D eigenvalue weighted by Gasteiger charge is 2.12. The second-order valence-electron chi connectivity index (χ2n) is 4.39. The Morgan fingerprint density at radius 2 is 2.21 bits per heavy atom. The van der Waals surface area contributed by atoms with E-state index < -0.39 is 13.0 Å². The van der Waals surface area contributed by atoms with Crippen LogP contribution < -0.4 is 0 Å². The Balaban J connectivity index is 2.03. The van der Waals surface area contributed by atoms with Crippen molar-refractivity contribution in [2.45, 2.75) is 19.8 Å². The molecule has 1 aromatic heterocycles. The van der Waals surface area contributed by atoms with Crippen molar-refractivity contribution >= 4 is 16.7 Å². The summed E-state index contributed by atoms with van der Waals surface area (Å²) in [6.45, 7) is 1.34. The minimum absolute atomic E-state index is 0.0155. The first-order chi connectivity index (χ1) is 9.08. The smallest absolute Gasteiger partial charge is 0.261 e. The minimum atomic E-state index is -2.49. The Morgan fingerprint density at radius 1 is 1.42 bits per heavy atom. The molecule has 0 aliphatic heterocycles. The maximum absolute atomic E-state index is 12.0. The maximum Gasteiger partial charge on any atom is 0.261 e. The molecule has 1 aromatic carbocycles. The molecular weight excluding hydrogens is 252 g/mol. The predicted molar refractivity (Wildman–Crippen MR) is 68.8 cm³/mol. The van der Waals surface area contributed by atoms with Crippen LogP contribution in [0.3, 0.4) is 0 Å². The van der Waals surface area contributed by atoms with Gasteiger partial charge in [0.15, 0.2) is 5.78 Å². The van der Waals surface area contributed by atoms with Gasteiger partial charge in [-0.3, -0.25) is 4.79 Å². The van der Waals surface area contributed by atoms with Crippen LogP contribution in [0.5, 0.6) is 0 Å². The zero-order valence-corrected chi connectivity index (χ0v) is 10.6. The molecule has 5 heteroatoms. The normalized spacial score (nSPS) is 11.4. The monoisotopic (exact) mass is 267 g/mol. The van der Waals surface area contributed by atoms with Crippen LogP contribution in [0.1, 0.15) is 22.3 Å². The van der Waals surface area contributed by atoms with Crippen molar-refractivity contribution < 1.29 is 18.3 Å². The van der Waals surface area contributed by atoms with Crippen LogP contribution in [0, 0.1) is 6.92 Å². The number of aromatic amines is 1. The molecule has 1 N–H and O–H groups in total. The van der Waals surface area contributed by atoms with Crippen molar-refractivity contribution in [1.29, 1.82) is 0 Å². The molecule has 1 heterocycles. The SMILES string of the molecule is Cc1ccc2[nH]cc(C(=O)CCOCC(F)F)c2c1. The van der Waals surface area contributed by atoms with Crippen LogP contribution in [-0.4, -0.2) is 30.4 Å². The number of aromatic nitrogens is 1. The van der Waals surface area contributed by atoms with Gasteiger partial charge in [0.2, 0.25) is 0 Å². The number of halogens is 2. The lowest BCUT2D eigenvalue weighted by atomic mass is 10.1. The fourth-order valence-corrected chi connectivity index (χ4v) is 1.94. The molecule has 3 nitrogen and oxygen atoms in total. The third-order valence-corrected chi connectivity index (χ3v) is 2.85. The second kappa shape index (κ2) is 5.93. The van der Waals surface area contributed by atoms with Crippen LogP contribution in [0.15, 0.2) is 24.4 Å². The number of ether oxygens (including phenoxy) is 1. The van der Waals surface area contributed by atoms with E-state index in [1.807, 2.05) is 25.1 Å². The van der Waals surface area contributed by atoms with Gasteiger partial charge in [0, 0.05) is 29.1 Å². The van der Waals surface area contributed by atoms with Crippen LogP contribution in [0.25, 0.3) is 10.9 Å². The van der Waals surface area contributed by atoms with E-state index in [9.17, 15) is 13.6 Å². The molecule has 0 aliphatic rings. The summed E-state index contributed by atoms with van der Waals surface area (Å²) in [6, 6.07) is 5.80. The van der Waals surface area contributed by atoms with E-state index in [-0.39, 0.29) is 18.8 Å². The Hall–Kier alpha value is -1.75. The number of carbonyl (C=O) groups excluding carboxylic acids is 1. The molecule has 0 unspecified atom stereocenters. The van der Waals surface area contributed by atoms with E-state index in [0.717, 1.165) is 16.5 Å². The van der Waals surface area contributed by atoms with Crippen molar-refractivity contribution in [3.8, 4) is 0 Å². The quantitative estimate of drug-likeness (QED) is 0.644. The highest BCUT2D eigenvalue weighted by atomic mass is 19.3. The average molecular weight is 267 g/mol. The van der Waals surface area contributed by atoms with Gasteiger partial charge in [-0.1, -0.05) is 11.6 Å². The zero-order valence-electron chi connectivity index (χ0n) is 10.6. The summed E-state index contributed by atoms with van der Waals surface area (Å²) in [6.07, 6.45) is -0.737. The van der Waals surface area contributed by atoms with Gasteiger partial charge in [-0.25, -0.2) is 8.78 Å². The van der Waals surface area contributed by atoms with Gasteiger partial charge in [-0.2, -0.15) is 0 Å². The van der Waals surface area contributed by atoms with E-state index in [1.54, 1.807) is 6.20 Å². The fraction of sp³-hybridized carbons (Fsp3) is 0.357. The van der Waals surface area contributed by atoms with Crippen molar-refractivity contribution in [3.05, 3.63) is 35.5 Å². The summed E-state index contributed by atoms with van der Waals surface area (Å²) in [7, 11) is 0. The number of alkyl halides is 2. The van der Waals surface area contributed by atoms with Crippen molar-refractivity contribution in [2.75, 3.05) is 13.2 Å². The Labute approximate surface area is 109 Å². The molecule has 102 valence electrons. The Morgan fingerprint density at radius 3 is 2.95 bits per heavy atom. The van der Waals surface area contributed by atoms with Gasteiger partial charge in [0.1, 0.15) is 6.61 Å². The molecule has 0 spiro atoms. The largest absolute Gasteiger partial charge is 0.375 e. The van der Waals surface area contributed by atoms with Crippen molar-refractivity contribution in [3.63, 3.8) is 0 Å². The molecule has 0 bridgehead atoms. The highest BCUT2D eigenvalue weighted by molar-refractivity contribution is 6.08. The number of ketones is 1. The number of hydrogen-bond acceptors (Lipinski definition) is 2. The van der Waals surface area contributed by atoms with E-state index in [0.29, 0.717) is 5.56 Å². The van der Waals surface area contributed by atoms with Crippen LogP contribution in [-0.2, 0) is 4.74 Å². The van der Waals surface area contributed by atoms with E-state index in [2.05, 4.69) is 4.98 Å². The molecule has 2 aromatic rings. The number of fused-ring (bicyclic) bond motifs is 1. The number of carbonyl (C=O) groups is 1. The van der Waals surface area contributed by atoms with E-state index >= 15 is 0 Å². The molecular formula is C14H15F2NO2. The maximum atomic E-state index is 12.0. The molecule has 0 atom stereocenters. The van der Waals surface area contributed by atoms with Crippen molar-refractivity contribution in [2.24, 2.45) is 0 Å². The number of benzene rings is 1. The summed E-state index contributed by atoms with van der Waals surface area (Å²) in [4.78, 5) is 15.0. The lowest BCUT2D eigenvalue weighted by molar-refractivity contribution is 0.0170. The summed E-state index contributed by atoms with van der Waals surface area (Å²) in [5.41, 5.74) is 2.54. The topological polar surface area (TPSA) is 42.1 Å². The zero-order chi connectivity index (χ0) is 13.8. The van der Waals surface area contributed by atoms with E-state index in [1.165, 1.54) is 0 Å². The van der Waals surface area contributed by atoms with Crippen LogP contribution >= 0.6 is 0 Å². The number of rotatable bonds is 6. The van der Waals surface area contributed by atoms with Gasteiger partial charge in [-0.15, -0.1) is 0 Å². The molecule has 0 saturated heterocycles. The van der Waals surface area contributed by atoms with Gasteiger partial charge in [0.05, 0.1) is 6.61 Å². The third kappa shape index (κ3) is 3.38. The predicted octanol–water partition coefficient (Wildman–Crippen LogP) is 3.33. The number of nitrogens with one attached hydrogen (secondary N) is 1.